The van der Waals surface area contributed by atoms with Crippen LogP contribution in [0.1, 0.15) is 38.4 Å². The molecule has 0 aliphatic heterocycles. The van der Waals surface area contributed by atoms with Crippen LogP contribution in [-0.2, 0) is 12.0 Å². The van der Waals surface area contributed by atoms with E-state index in [1.54, 1.807) is 12.1 Å². The van der Waals surface area contributed by atoms with Crippen molar-refractivity contribution < 1.29 is 9.26 Å². The van der Waals surface area contributed by atoms with Crippen molar-refractivity contribution in [2.24, 2.45) is 0 Å². The van der Waals surface area contributed by atoms with Gasteiger partial charge in [0.25, 0.3) is 0 Å². The Labute approximate surface area is 135 Å². The highest BCUT2D eigenvalue weighted by molar-refractivity contribution is 6.30. The van der Waals surface area contributed by atoms with Crippen molar-refractivity contribution in [3.8, 4) is 5.75 Å². The van der Waals surface area contributed by atoms with Gasteiger partial charge in [-0.25, -0.2) is 0 Å². The van der Waals surface area contributed by atoms with Gasteiger partial charge in [-0.1, -0.05) is 23.7 Å². The van der Waals surface area contributed by atoms with Crippen molar-refractivity contribution in [3.05, 3.63) is 41.0 Å². The molecule has 6 heteroatoms. The number of nitrogens with one attached hydrogen (secondary N) is 1. The molecule has 1 saturated carbocycles. The number of hydrogen-bond donors (Lipinski definition) is 1. The van der Waals surface area contributed by atoms with Gasteiger partial charge < -0.3 is 14.6 Å². The highest BCUT2D eigenvalue weighted by Crippen LogP contribution is 2.49. The Hall–Kier alpha value is -1.59. The molecule has 0 bridgehead atoms. The summed E-state index contributed by atoms with van der Waals surface area (Å²) in [5, 5.41) is 8.03. The maximum absolute atomic E-state index is 5.84. The second kappa shape index (κ2) is 5.56. The van der Waals surface area contributed by atoms with Crippen molar-refractivity contribution in [1.29, 1.82) is 0 Å². The first kappa shape index (κ1) is 15.3. The van der Waals surface area contributed by atoms with Crippen LogP contribution in [0.15, 0.2) is 28.8 Å². The van der Waals surface area contributed by atoms with E-state index in [9.17, 15) is 0 Å². The summed E-state index contributed by atoms with van der Waals surface area (Å²) >= 11 is 5.84. The van der Waals surface area contributed by atoms with E-state index in [-0.39, 0.29) is 17.6 Å². The zero-order chi connectivity index (χ0) is 15.8. The maximum Gasteiger partial charge on any atom is 0.232 e. The second-order valence-electron chi connectivity index (χ2n) is 6.48. The lowest BCUT2D eigenvalue weighted by Gasteiger charge is -2.50. The molecular formula is C16H20ClN3O2. The van der Waals surface area contributed by atoms with E-state index >= 15 is 0 Å². The molecule has 0 saturated heterocycles. The summed E-state index contributed by atoms with van der Waals surface area (Å²) in [6.07, 6.45) is 1.96. The summed E-state index contributed by atoms with van der Waals surface area (Å²) in [6, 6.07) is 7.20. The van der Waals surface area contributed by atoms with E-state index in [0.29, 0.717) is 16.7 Å². The summed E-state index contributed by atoms with van der Waals surface area (Å²) in [6.45, 7) is 4.64. The first-order valence-electron chi connectivity index (χ1n) is 7.33. The molecule has 0 spiro atoms. The summed E-state index contributed by atoms with van der Waals surface area (Å²) in [5.41, 5.74) is 0.104. The van der Waals surface area contributed by atoms with E-state index in [2.05, 4.69) is 29.3 Å². The van der Waals surface area contributed by atoms with Gasteiger partial charge in [0.1, 0.15) is 5.75 Å². The van der Waals surface area contributed by atoms with E-state index in [1.165, 1.54) is 0 Å². The molecule has 1 heterocycles. The van der Waals surface area contributed by atoms with Gasteiger partial charge >= 0.3 is 0 Å². The highest BCUT2D eigenvalue weighted by Gasteiger charge is 2.52. The number of benzene rings is 1. The third-order valence-electron chi connectivity index (χ3n) is 4.33. The van der Waals surface area contributed by atoms with Gasteiger partial charge in [0.2, 0.25) is 11.7 Å². The summed E-state index contributed by atoms with van der Waals surface area (Å²) in [7, 11) is 1.98. The summed E-state index contributed by atoms with van der Waals surface area (Å²) in [5.74, 6) is 1.98. The van der Waals surface area contributed by atoms with E-state index in [0.717, 1.165) is 18.6 Å². The summed E-state index contributed by atoms with van der Waals surface area (Å²) in [4.78, 5) is 4.48. The third kappa shape index (κ3) is 2.96. The van der Waals surface area contributed by atoms with Crippen LogP contribution in [0.3, 0.4) is 0 Å². The molecule has 0 unspecified atom stereocenters. The number of halogens is 1. The lowest BCUT2D eigenvalue weighted by molar-refractivity contribution is 0.0753. The van der Waals surface area contributed by atoms with Crippen LogP contribution in [0.4, 0.5) is 0 Å². The van der Waals surface area contributed by atoms with E-state index in [4.69, 9.17) is 20.9 Å². The molecular weight excluding hydrogens is 302 g/mol. The molecule has 5 nitrogen and oxygen atoms in total. The number of ether oxygens (including phenoxy) is 1. The van der Waals surface area contributed by atoms with Crippen LogP contribution in [0.25, 0.3) is 0 Å². The molecule has 0 radical (unpaired) electrons. The average molecular weight is 322 g/mol. The Bertz CT molecular complexity index is 648. The molecule has 1 aliphatic carbocycles. The van der Waals surface area contributed by atoms with Gasteiger partial charge in [0, 0.05) is 10.6 Å². The van der Waals surface area contributed by atoms with Gasteiger partial charge in [-0.05, 0) is 51.1 Å². The van der Waals surface area contributed by atoms with Crippen LogP contribution in [0, 0.1) is 0 Å². The molecule has 2 aromatic rings. The Morgan fingerprint density at radius 1 is 1.27 bits per heavy atom. The quantitative estimate of drug-likeness (QED) is 0.915. The molecule has 0 amide bonds. The third-order valence-corrected chi connectivity index (χ3v) is 4.58. The molecule has 1 N–H and O–H groups in total. The maximum atomic E-state index is 5.84. The fourth-order valence-electron chi connectivity index (χ4n) is 3.23. The van der Waals surface area contributed by atoms with Crippen molar-refractivity contribution in [1.82, 2.24) is 15.5 Å². The second-order valence-corrected chi connectivity index (χ2v) is 6.92. The predicted molar refractivity (Wildman–Crippen MR) is 84.1 cm³/mol. The largest absolute Gasteiger partial charge is 0.485 e. The van der Waals surface area contributed by atoms with Crippen LogP contribution in [-0.4, -0.2) is 22.7 Å². The Morgan fingerprint density at radius 2 is 1.95 bits per heavy atom. The van der Waals surface area contributed by atoms with Crippen molar-refractivity contribution in [2.75, 3.05) is 7.05 Å². The normalized spacial score (nSPS) is 27.5. The topological polar surface area (TPSA) is 60.2 Å². The van der Waals surface area contributed by atoms with Crippen molar-refractivity contribution >= 4 is 11.6 Å². The lowest BCUT2D eigenvalue weighted by atomic mass is 9.59. The monoisotopic (exact) mass is 321 g/mol. The fourth-order valence-corrected chi connectivity index (χ4v) is 3.36. The summed E-state index contributed by atoms with van der Waals surface area (Å²) < 4.78 is 11.1. The van der Waals surface area contributed by atoms with Crippen LogP contribution < -0.4 is 10.1 Å². The van der Waals surface area contributed by atoms with Crippen LogP contribution in [0.2, 0.25) is 5.02 Å². The SMILES string of the molecule is CNC1(C)CC(C)(c2nc(COc3ccc(Cl)cc3)no2)C1. The zero-order valence-corrected chi connectivity index (χ0v) is 13.8. The molecule has 118 valence electrons. The molecule has 1 aliphatic rings. The first-order valence-corrected chi connectivity index (χ1v) is 7.71. The Kier molecular flexibility index (Phi) is 3.87. The fraction of sp³-hybridized carbons (Fsp3) is 0.500. The van der Waals surface area contributed by atoms with Crippen molar-refractivity contribution in [3.63, 3.8) is 0 Å². The first-order chi connectivity index (χ1) is 10.4. The van der Waals surface area contributed by atoms with Gasteiger partial charge in [-0.3, -0.25) is 0 Å². The number of hydrogen-bond acceptors (Lipinski definition) is 5. The van der Waals surface area contributed by atoms with Crippen molar-refractivity contribution in [2.45, 2.75) is 44.2 Å². The highest BCUT2D eigenvalue weighted by atomic mass is 35.5. The smallest absolute Gasteiger partial charge is 0.232 e. The molecule has 1 aromatic carbocycles. The Morgan fingerprint density at radius 3 is 2.59 bits per heavy atom. The van der Waals surface area contributed by atoms with E-state index < -0.39 is 0 Å². The Balaban J connectivity index is 1.61. The minimum absolute atomic E-state index is 0.0523. The average Bonchev–Trinajstić information content (AvgIpc) is 2.94. The standard InChI is InChI=1S/C16H20ClN3O2/c1-15(9-16(2,10-15)18-3)14-19-13(20-22-14)8-21-12-6-4-11(17)5-7-12/h4-7,18H,8-10H2,1-3H3. The molecule has 1 aromatic heterocycles. The molecule has 1 fully saturated rings. The zero-order valence-electron chi connectivity index (χ0n) is 13.0. The number of aromatic nitrogens is 2. The minimum Gasteiger partial charge on any atom is -0.485 e. The van der Waals surface area contributed by atoms with Gasteiger partial charge in [-0.2, -0.15) is 4.98 Å². The van der Waals surface area contributed by atoms with Gasteiger partial charge in [0.15, 0.2) is 6.61 Å². The molecule has 0 atom stereocenters. The van der Waals surface area contributed by atoms with Gasteiger partial charge in [-0.15, -0.1) is 0 Å². The number of nitrogens with zero attached hydrogens (tertiary/aromatic N) is 2. The molecule has 3 rings (SSSR count). The van der Waals surface area contributed by atoms with Gasteiger partial charge in [0.05, 0.1) is 5.41 Å². The van der Waals surface area contributed by atoms with E-state index in [1.807, 2.05) is 19.2 Å². The van der Waals surface area contributed by atoms with Crippen LogP contribution >= 0.6 is 11.6 Å². The lowest BCUT2D eigenvalue weighted by Crippen LogP contribution is -2.58. The predicted octanol–water partition coefficient (Wildman–Crippen LogP) is 3.33. The number of rotatable bonds is 5. The minimum atomic E-state index is -0.0523. The molecule has 22 heavy (non-hydrogen) atoms. The van der Waals surface area contributed by atoms with Crippen LogP contribution in [0.5, 0.6) is 5.75 Å².